The van der Waals surface area contributed by atoms with Crippen LogP contribution in [-0.4, -0.2) is 38.5 Å². The average molecular weight is 383 g/mol. The van der Waals surface area contributed by atoms with E-state index in [1.165, 1.54) is 11.8 Å². The zero-order valence-corrected chi connectivity index (χ0v) is 16.1. The maximum absolute atomic E-state index is 12.2. The first-order valence-corrected chi connectivity index (χ1v) is 9.72. The summed E-state index contributed by atoms with van der Waals surface area (Å²) >= 11 is 1.30. The summed E-state index contributed by atoms with van der Waals surface area (Å²) in [7, 11) is 0. The molecule has 140 valence electrons. The highest BCUT2D eigenvalue weighted by Crippen LogP contribution is 2.22. The maximum Gasteiger partial charge on any atom is 0.234 e. The molecule has 0 bridgehead atoms. The van der Waals surface area contributed by atoms with E-state index < -0.39 is 0 Å². The van der Waals surface area contributed by atoms with Crippen LogP contribution in [0.15, 0.2) is 53.7 Å². The summed E-state index contributed by atoms with van der Waals surface area (Å²) in [6.07, 6.45) is 0.873. The molecule has 3 aromatic rings. The van der Waals surface area contributed by atoms with Crippen LogP contribution in [0.4, 0.5) is 5.69 Å². The van der Waals surface area contributed by atoms with Crippen LogP contribution in [0.3, 0.4) is 0 Å². The molecule has 1 aromatic heterocycles. The molecule has 0 saturated heterocycles. The summed E-state index contributed by atoms with van der Waals surface area (Å²) < 4.78 is 7.07. The van der Waals surface area contributed by atoms with Gasteiger partial charge in [0, 0.05) is 5.69 Å². The van der Waals surface area contributed by atoms with Gasteiger partial charge in [-0.15, -0.1) is 5.10 Å². The molecule has 0 aliphatic rings. The van der Waals surface area contributed by atoms with Crippen molar-refractivity contribution in [3.05, 3.63) is 54.1 Å². The molecule has 2 aromatic carbocycles. The second kappa shape index (κ2) is 9.18. The number of hydrogen-bond acceptors (Lipinski definition) is 6. The van der Waals surface area contributed by atoms with Crippen LogP contribution in [0.5, 0.6) is 5.75 Å². The van der Waals surface area contributed by atoms with Gasteiger partial charge in [0.1, 0.15) is 5.75 Å². The van der Waals surface area contributed by atoms with E-state index >= 15 is 0 Å². The first kappa shape index (κ1) is 18.9. The lowest BCUT2D eigenvalue weighted by Gasteiger charge is -2.09. The zero-order chi connectivity index (χ0) is 19.1. The smallest absolute Gasteiger partial charge is 0.234 e. The van der Waals surface area contributed by atoms with E-state index in [0.717, 1.165) is 29.1 Å². The standard InChI is InChI=1S/C19H21N5O2S/c1-3-14-7-5-6-8-17(14)24-19(21-22-23-24)27-13-18(25)20-15-9-11-16(12-10-15)26-4-2/h5-12H,3-4,13H2,1-2H3,(H,20,25). The molecule has 7 nitrogen and oxygen atoms in total. The SMILES string of the molecule is CCOc1ccc(NC(=O)CSc2nnnn2-c2ccccc2CC)cc1. The average Bonchev–Trinajstić information content (AvgIpc) is 3.16. The van der Waals surface area contributed by atoms with Gasteiger partial charge < -0.3 is 10.1 Å². The normalized spacial score (nSPS) is 10.6. The van der Waals surface area contributed by atoms with Crippen LogP contribution >= 0.6 is 11.8 Å². The summed E-state index contributed by atoms with van der Waals surface area (Å²) in [6, 6.07) is 15.2. The maximum atomic E-state index is 12.2. The van der Waals surface area contributed by atoms with Crippen molar-refractivity contribution >= 4 is 23.4 Å². The topological polar surface area (TPSA) is 81.9 Å². The Labute approximate surface area is 162 Å². The van der Waals surface area contributed by atoms with Crippen LogP contribution in [0, 0.1) is 0 Å². The zero-order valence-electron chi connectivity index (χ0n) is 15.3. The lowest BCUT2D eigenvalue weighted by Crippen LogP contribution is -2.14. The molecular formula is C19H21N5O2S. The van der Waals surface area contributed by atoms with Gasteiger partial charge in [-0.3, -0.25) is 4.79 Å². The minimum Gasteiger partial charge on any atom is -0.494 e. The number of rotatable bonds is 8. The predicted molar refractivity (Wildman–Crippen MR) is 105 cm³/mol. The van der Waals surface area contributed by atoms with Gasteiger partial charge in [0.05, 0.1) is 18.0 Å². The van der Waals surface area contributed by atoms with Crippen LogP contribution in [0.2, 0.25) is 0 Å². The number of carbonyl (C=O) groups is 1. The molecule has 1 N–H and O–H groups in total. The number of nitrogens with zero attached hydrogens (tertiary/aromatic N) is 4. The van der Waals surface area contributed by atoms with E-state index in [2.05, 4.69) is 27.8 Å². The number of anilines is 1. The Morgan fingerprint density at radius 3 is 2.67 bits per heavy atom. The summed E-state index contributed by atoms with van der Waals surface area (Å²) in [5, 5.41) is 15.3. The number of ether oxygens (including phenoxy) is 1. The summed E-state index contributed by atoms with van der Waals surface area (Å²) in [6.45, 7) is 4.62. The first-order valence-electron chi connectivity index (χ1n) is 8.73. The van der Waals surface area contributed by atoms with E-state index in [9.17, 15) is 4.79 Å². The number of carbonyl (C=O) groups excluding carboxylic acids is 1. The molecule has 1 amide bonds. The Bertz CT molecular complexity index is 895. The fraction of sp³-hybridized carbons (Fsp3) is 0.263. The molecule has 1 heterocycles. The second-order valence-corrected chi connectivity index (χ2v) is 6.59. The van der Waals surface area contributed by atoms with Gasteiger partial charge in [-0.05, 0) is 59.7 Å². The highest BCUT2D eigenvalue weighted by atomic mass is 32.2. The molecule has 0 fully saturated rings. The predicted octanol–water partition coefficient (Wildman–Crippen LogP) is 3.35. The Hall–Kier alpha value is -2.87. The number of para-hydroxylation sites is 1. The van der Waals surface area contributed by atoms with Gasteiger partial charge in [0.15, 0.2) is 0 Å². The van der Waals surface area contributed by atoms with Gasteiger partial charge in [-0.2, -0.15) is 4.68 Å². The van der Waals surface area contributed by atoms with E-state index in [4.69, 9.17) is 4.74 Å². The Morgan fingerprint density at radius 1 is 1.15 bits per heavy atom. The minimum atomic E-state index is -0.123. The number of tetrazole rings is 1. The van der Waals surface area contributed by atoms with Crippen molar-refractivity contribution in [1.29, 1.82) is 0 Å². The van der Waals surface area contributed by atoms with E-state index in [1.807, 2.05) is 55.5 Å². The lowest BCUT2D eigenvalue weighted by atomic mass is 10.1. The van der Waals surface area contributed by atoms with E-state index in [1.54, 1.807) is 4.68 Å². The van der Waals surface area contributed by atoms with E-state index in [0.29, 0.717) is 11.8 Å². The van der Waals surface area contributed by atoms with E-state index in [-0.39, 0.29) is 11.7 Å². The summed E-state index contributed by atoms with van der Waals surface area (Å²) in [4.78, 5) is 12.2. The molecule has 0 aliphatic carbocycles. The van der Waals surface area contributed by atoms with Gasteiger partial charge in [0.2, 0.25) is 11.1 Å². The van der Waals surface area contributed by atoms with Crippen molar-refractivity contribution in [2.45, 2.75) is 25.4 Å². The second-order valence-electron chi connectivity index (χ2n) is 5.65. The molecule has 3 rings (SSSR count). The summed E-state index contributed by atoms with van der Waals surface area (Å²) in [5.41, 5.74) is 2.80. The molecule has 0 atom stereocenters. The highest BCUT2D eigenvalue weighted by Gasteiger charge is 2.13. The van der Waals surface area contributed by atoms with Crippen LogP contribution < -0.4 is 10.1 Å². The number of hydrogen-bond donors (Lipinski definition) is 1. The molecule has 8 heteroatoms. The van der Waals surface area contributed by atoms with Crippen LogP contribution in [-0.2, 0) is 11.2 Å². The quantitative estimate of drug-likeness (QED) is 0.601. The third-order valence-corrected chi connectivity index (χ3v) is 4.74. The number of thioether (sulfide) groups is 1. The van der Waals surface area contributed by atoms with Crippen molar-refractivity contribution in [2.24, 2.45) is 0 Å². The van der Waals surface area contributed by atoms with Crippen molar-refractivity contribution in [3.63, 3.8) is 0 Å². The number of amides is 1. The molecule has 0 saturated carbocycles. The fourth-order valence-corrected chi connectivity index (χ4v) is 3.25. The summed E-state index contributed by atoms with van der Waals surface area (Å²) in [5.74, 6) is 0.864. The van der Waals surface area contributed by atoms with Crippen LogP contribution in [0.25, 0.3) is 5.69 Å². The molecular weight excluding hydrogens is 362 g/mol. The third kappa shape index (κ3) is 4.85. The van der Waals surface area contributed by atoms with Gasteiger partial charge in [0.25, 0.3) is 0 Å². The molecule has 27 heavy (non-hydrogen) atoms. The monoisotopic (exact) mass is 383 g/mol. The number of nitrogens with one attached hydrogen (secondary N) is 1. The fourth-order valence-electron chi connectivity index (χ4n) is 2.56. The highest BCUT2D eigenvalue weighted by molar-refractivity contribution is 7.99. The van der Waals surface area contributed by atoms with Crippen LogP contribution in [0.1, 0.15) is 19.4 Å². The largest absolute Gasteiger partial charge is 0.494 e. The lowest BCUT2D eigenvalue weighted by molar-refractivity contribution is -0.113. The number of aromatic nitrogens is 4. The van der Waals surface area contributed by atoms with Crippen molar-refractivity contribution in [3.8, 4) is 11.4 Å². The number of benzene rings is 2. The van der Waals surface area contributed by atoms with Crippen molar-refractivity contribution in [2.75, 3.05) is 17.7 Å². The van der Waals surface area contributed by atoms with Crippen molar-refractivity contribution < 1.29 is 9.53 Å². The minimum absolute atomic E-state index is 0.123. The first-order chi connectivity index (χ1) is 13.2. The van der Waals surface area contributed by atoms with Crippen molar-refractivity contribution in [1.82, 2.24) is 20.2 Å². The molecule has 0 spiro atoms. The third-order valence-electron chi connectivity index (χ3n) is 3.82. The van der Waals surface area contributed by atoms with Gasteiger partial charge in [-0.1, -0.05) is 36.9 Å². The molecule has 0 radical (unpaired) electrons. The Morgan fingerprint density at radius 2 is 1.93 bits per heavy atom. The van der Waals surface area contributed by atoms with Gasteiger partial charge >= 0.3 is 0 Å². The Balaban J connectivity index is 1.62. The molecule has 0 unspecified atom stereocenters. The number of aryl methyl sites for hydroxylation is 1. The molecule has 0 aliphatic heterocycles. The van der Waals surface area contributed by atoms with Gasteiger partial charge in [-0.25, -0.2) is 0 Å². The Kier molecular flexibility index (Phi) is 6.43.